The highest BCUT2D eigenvalue weighted by molar-refractivity contribution is 5.33. The highest BCUT2D eigenvalue weighted by Gasteiger charge is 2.32. The van der Waals surface area contributed by atoms with Gasteiger partial charge in [-0.15, -0.1) is 0 Å². The van der Waals surface area contributed by atoms with E-state index in [1.54, 1.807) is 24.3 Å². The maximum absolute atomic E-state index is 12.5. The van der Waals surface area contributed by atoms with E-state index in [-0.39, 0.29) is 5.88 Å². The van der Waals surface area contributed by atoms with Gasteiger partial charge in [0.1, 0.15) is 17.2 Å². The minimum Gasteiger partial charge on any atom is -0.497 e. The van der Waals surface area contributed by atoms with Crippen molar-refractivity contribution in [3.8, 4) is 17.4 Å². The Bertz CT molecular complexity index is 553. The third-order valence-electron chi connectivity index (χ3n) is 2.30. The standard InChI is InChI=1S/C13H10F3NO2/c1-18-9-5-7-10(8-6-9)19-12-4-2-3-11(17-12)13(14,15)16/h2-8H,1H3. The number of aromatic nitrogens is 1. The van der Waals surface area contributed by atoms with Crippen LogP contribution < -0.4 is 9.47 Å². The Labute approximate surface area is 107 Å². The summed E-state index contributed by atoms with van der Waals surface area (Å²) in [6.07, 6.45) is -4.49. The molecule has 0 fully saturated rings. The first kappa shape index (κ1) is 13.2. The van der Waals surface area contributed by atoms with Crippen LogP contribution in [0.2, 0.25) is 0 Å². The normalized spacial score (nSPS) is 11.2. The Kier molecular flexibility index (Phi) is 3.59. The van der Waals surface area contributed by atoms with Crippen molar-refractivity contribution in [3.63, 3.8) is 0 Å². The zero-order chi connectivity index (χ0) is 13.9. The third kappa shape index (κ3) is 3.37. The van der Waals surface area contributed by atoms with Crippen LogP contribution in [0.15, 0.2) is 42.5 Å². The Morgan fingerprint density at radius 3 is 2.16 bits per heavy atom. The molecule has 1 heterocycles. The maximum atomic E-state index is 12.5. The zero-order valence-electron chi connectivity index (χ0n) is 9.94. The molecular weight excluding hydrogens is 259 g/mol. The Morgan fingerprint density at radius 2 is 1.58 bits per heavy atom. The smallest absolute Gasteiger partial charge is 0.433 e. The molecule has 0 aliphatic rings. The fourth-order valence-corrected chi connectivity index (χ4v) is 1.39. The summed E-state index contributed by atoms with van der Waals surface area (Å²) in [5.74, 6) is 0.900. The van der Waals surface area contributed by atoms with Crippen molar-refractivity contribution in [2.24, 2.45) is 0 Å². The molecule has 0 N–H and O–H groups in total. The maximum Gasteiger partial charge on any atom is 0.433 e. The Hall–Kier alpha value is -2.24. The van der Waals surface area contributed by atoms with Gasteiger partial charge in [-0.2, -0.15) is 13.2 Å². The van der Waals surface area contributed by atoms with E-state index in [9.17, 15) is 13.2 Å². The van der Waals surface area contributed by atoms with E-state index in [4.69, 9.17) is 9.47 Å². The monoisotopic (exact) mass is 269 g/mol. The minimum absolute atomic E-state index is 0.111. The SMILES string of the molecule is COc1ccc(Oc2cccc(C(F)(F)F)n2)cc1. The lowest BCUT2D eigenvalue weighted by molar-refractivity contribution is -0.141. The first-order valence-corrected chi connectivity index (χ1v) is 5.35. The zero-order valence-corrected chi connectivity index (χ0v) is 9.94. The van der Waals surface area contributed by atoms with Crippen molar-refractivity contribution in [1.82, 2.24) is 4.98 Å². The fourth-order valence-electron chi connectivity index (χ4n) is 1.39. The summed E-state index contributed by atoms with van der Waals surface area (Å²) in [6.45, 7) is 0. The van der Waals surface area contributed by atoms with E-state index in [1.807, 2.05) is 0 Å². The van der Waals surface area contributed by atoms with Gasteiger partial charge in [0.15, 0.2) is 0 Å². The molecule has 0 radical (unpaired) electrons. The van der Waals surface area contributed by atoms with Gasteiger partial charge in [0, 0.05) is 6.07 Å². The van der Waals surface area contributed by atoms with E-state index in [1.165, 1.54) is 19.2 Å². The van der Waals surface area contributed by atoms with Gasteiger partial charge in [-0.25, -0.2) is 4.98 Å². The van der Waals surface area contributed by atoms with Crippen LogP contribution in [0.25, 0.3) is 0 Å². The summed E-state index contributed by atoms with van der Waals surface area (Å²) in [6, 6.07) is 9.95. The van der Waals surface area contributed by atoms with Crippen molar-refractivity contribution < 1.29 is 22.6 Å². The molecular formula is C13H10F3NO2. The average molecular weight is 269 g/mol. The highest BCUT2D eigenvalue weighted by Crippen LogP contribution is 2.30. The molecule has 2 aromatic rings. The first-order chi connectivity index (χ1) is 8.99. The van der Waals surface area contributed by atoms with Crippen LogP contribution in [0.4, 0.5) is 13.2 Å². The minimum atomic E-state index is -4.49. The van der Waals surface area contributed by atoms with Crippen LogP contribution in [0.1, 0.15) is 5.69 Å². The molecule has 19 heavy (non-hydrogen) atoms. The van der Waals surface area contributed by atoms with Gasteiger partial charge in [0.25, 0.3) is 0 Å². The molecule has 0 unspecified atom stereocenters. The lowest BCUT2D eigenvalue weighted by atomic mass is 10.3. The molecule has 0 aliphatic carbocycles. The van der Waals surface area contributed by atoms with Gasteiger partial charge in [0.2, 0.25) is 5.88 Å². The number of rotatable bonds is 3. The van der Waals surface area contributed by atoms with Gasteiger partial charge >= 0.3 is 6.18 Å². The van der Waals surface area contributed by atoms with Crippen LogP contribution in [-0.2, 0) is 6.18 Å². The summed E-state index contributed by atoms with van der Waals surface area (Å²) in [5.41, 5.74) is -0.987. The summed E-state index contributed by atoms with van der Waals surface area (Å²) in [7, 11) is 1.52. The van der Waals surface area contributed by atoms with Crippen molar-refractivity contribution in [2.75, 3.05) is 7.11 Å². The molecule has 0 atom stereocenters. The average Bonchev–Trinajstić information content (AvgIpc) is 2.39. The van der Waals surface area contributed by atoms with Gasteiger partial charge in [-0.3, -0.25) is 0 Å². The van der Waals surface area contributed by atoms with E-state index in [0.717, 1.165) is 6.07 Å². The number of hydrogen-bond donors (Lipinski definition) is 0. The number of alkyl halides is 3. The topological polar surface area (TPSA) is 31.4 Å². The number of ether oxygens (including phenoxy) is 2. The van der Waals surface area contributed by atoms with Crippen LogP contribution in [0.3, 0.4) is 0 Å². The van der Waals surface area contributed by atoms with Crippen molar-refractivity contribution >= 4 is 0 Å². The molecule has 100 valence electrons. The molecule has 0 amide bonds. The quantitative estimate of drug-likeness (QED) is 0.846. The van der Waals surface area contributed by atoms with Crippen LogP contribution in [0, 0.1) is 0 Å². The number of methoxy groups -OCH3 is 1. The van der Waals surface area contributed by atoms with Gasteiger partial charge in [-0.1, -0.05) is 6.07 Å². The predicted octanol–water partition coefficient (Wildman–Crippen LogP) is 3.90. The third-order valence-corrected chi connectivity index (χ3v) is 2.30. The second kappa shape index (κ2) is 5.17. The van der Waals surface area contributed by atoms with Gasteiger partial charge < -0.3 is 9.47 Å². The largest absolute Gasteiger partial charge is 0.497 e. The molecule has 6 heteroatoms. The van der Waals surface area contributed by atoms with E-state index < -0.39 is 11.9 Å². The second-order valence-corrected chi connectivity index (χ2v) is 3.64. The summed E-state index contributed by atoms with van der Waals surface area (Å²) in [5, 5.41) is 0. The predicted molar refractivity (Wildman–Crippen MR) is 62.3 cm³/mol. The molecule has 1 aromatic carbocycles. The molecule has 0 aliphatic heterocycles. The van der Waals surface area contributed by atoms with E-state index >= 15 is 0 Å². The Morgan fingerprint density at radius 1 is 0.947 bits per heavy atom. The second-order valence-electron chi connectivity index (χ2n) is 3.64. The molecule has 3 nitrogen and oxygen atoms in total. The van der Waals surface area contributed by atoms with E-state index in [0.29, 0.717) is 11.5 Å². The van der Waals surface area contributed by atoms with Crippen molar-refractivity contribution in [3.05, 3.63) is 48.2 Å². The lowest BCUT2D eigenvalue weighted by Gasteiger charge is -2.09. The molecule has 0 saturated heterocycles. The number of nitrogens with zero attached hydrogens (tertiary/aromatic N) is 1. The molecule has 2 rings (SSSR count). The van der Waals surface area contributed by atoms with Crippen molar-refractivity contribution in [2.45, 2.75) is 6.18 Å². The van der Waals surface area contributed by atoms with Crippen LogP contribution in [0.5, 0.6) is 17.4 Å². The first-order valence-electron chi connectivity index (χ1n) is 5.35. The molecule has 0 saturated carbocycles. The van der Waals surface area contributed by atoms with Crippen LogP contribution in [-0.4, -0.2) is 12.1 Å². The molecule has 0 bridgehead atoms. The summed E-state index contributed by atoms with van der Waals surface area (Å²) < 4.78 is 47.6. The number of pyridine rings is 1. The summed E-state index contributed by atoms with van der Waals surface area (Å²) >= 11 is 0. The highest BCUT2D eigenvalue weighted by atomic mass is 19.4. The number of halogens is 3. The van der Waals surface area contributed by atoms with Gasteiger partial charge in [-0.05, 0) is 30.3 Å². The van der Waals surface area contributed by atoms with Crippen molar-refractivity contribution in [1.29, 1.82) is 0 Å². The van der Waals surface area contributed by atoms with Crippen LogP contribution >= 0.6 is 0 Å². The molecule has 1 aromatic heterocycles. The molecule has 0 spiro atoms. The van der Waals surface area contributed by atoms with E-state index in [2.05, 4.69) is 4.98 Å². The lowest BCUT2D eigenvalue weighted by Crippen LogP contribution is -2.07. The number of benzene rings is 1. The fraction of sp³-hybridized carbons (Fsp3) is 0.154. The van der Waals surface area contributed by atoms with Gasteiger partial charge in [0.05, 0.1) is 7.11 Å². The number of hydrogen-bond acceptors (Lipinski definition) is 3. The summed E-state index contributed by atoms with van der Waals surface area (Å²) in [4.78, 5) is 3.40. The Balaban J connectivity index is 2.18.